The second kappa shape index (κ2) is 6.33. The zero-order valence-corrected chi connectivity index (χ0v) is 15.1. The number of hydrogen-bond acceptors (Lipinski definition) is 2. The van der Waals surface area contributed by atoms with Crippen LogP contribution in [-0.4, -0.2) is 29.4 Å². The van der Waals surface area contributed by atoms with Gasteiger partial charge in [-0.15, -0.1) is 0 Å². The fourth-order valence-corrected chi connectivity index (χ4v) is 3.93. The van der Waals surface area contributed by atoms with Crippen molar-refractivity contribution in [3.63, 3.8) is 0 Å². The summed E-state index contributed by atoms with van der Waals surface area (Å²) in [6, 6.07) is 1.05. The van der Waals surface area contributed by atoms with Crippen LogP contribution in [0.5, 0.6) is 0 Å². The van der Waals surface area contributed by atoms with E-state index >= 15 is 0 Å². The number of piperidine rings is 1. The zero-order valence-electron chi connectivity index (χ0n) is 15.1. The quantitative estimate of drug-likeness (QED) is 0.431. The molecule has 3 rings (SSSR count). The molecule has 3 nitrogen and oxygen atoms in total. The summed E-state index contributed by atoms with van der Waals surface area (Å²) in [5.74, 6) is 1.48. The van der Waals surface area contributed by atoms with Gasteiger partial charge in [-0.1, -0.05) is 13.5 Å². The van der Waals surface area contributed by atoms with Crippen molar-refractivity contribution in [1.82, 2.24) is 10.2 Å². The van der Waals surface area contributed by atoms with Gasteiger partial charge in [-0.3, -0.25) is 5.41 Å². The van der Waals surface area contributed by atoms with E-state index < -0.39 is 0 Å². The maximum Gasteiger partial charge on any atom is 0.122 e. The van der Waals surface area contributed by atoms with E-state index in [0.717, 1.165) is 23.7 Å². The summed E-state index contributed by atoms with van der Waals surface area (Å²) in [5.41, 5.74) is 2.60. The third kappa shape index (κ3) is 3.81. The molecule has 0 aromatic heterocycles. The average Bonchev–Trinajstić information content (AvgIpc) is 3.40. The van der Waals surface area contributed by atoms with Crippen LogP contribution in [0.1, 0.15) is 65.7 Å². The SMILES string of the molecule is C=C(C)/C(=C/C(=N)N1CCCCC1C)NC(C1CC1)C1(C)CC1. The Kier molecular flexibility index (Phi) is 4.57. The van der Waals surface area contributed by atoms with Crippen LogP contribution in [0.3, 0.4) is 0 Å². The molecule has 0 radical (unpaired) electrons. The van der Waals surface area contributed by atoms with Crippen LogP contribution >= 0.6 is 0 Å². The Morgan fingerprint density at radius 3 is 2.52 bits per heavy atom. The van der Waals surface area contributed by atoms with E-state index in [1.54, 1.807) is 0 Å². The van der Waals surface area contributed by atoms with Crippen LogP contribution in [0.2, 0.25) is 0 Å². The topological polar surface area (TPSA) is 39.1 Å². The first-order valence-corrected chi connectivity index (χ1v) is 9.40. The Bertz CT molecular complexity index is 511. The van der Waals surface area contributed by atoms with E-state index in [4.69, 9.17) is 5.41 Å². The highest BCUT2D eigenvalue weighted by Gasteiger charge is 2.51. The first-order valence-electron chi connectivity index (χ1n) is 9.40. The Labute approximate surface area is 141 Å². The number of rotatable bonds is 6. The molecule has 2 N–H and O–H groups in total. The van der Waals surface area contributed by atoms with Crippen molar-refractivity contribution in [2.24, 2.45) is 11.3 Å². The molecular formula is C20H33N3. The first kappa shape index (κ1) is 16.6. The summed E-state index contributed by atoms with van der Waals surface area (Å²) in [7, 11) is 0. The monoisotopic (exact) mass is 315 g/mol. The number of allylic oxidation sites excluding steroid dienone is 1. The highest BCUT2D eigenvalue weighted by Crippen LogP contribution is 2.55. The minimum absolute atomic E-state index is 0.469. The first-order chi connectivity index (χ1) is 10.9. The van der Waals surface area contributed by atoms with Gasteiger partial charge in [-0.2, -0.15) is 0 Å². The van der Waals surface area contributed by atoms with Gasteiger partial charge < -0.3 is 10.2 Å². The number of likely N-dealkylation sites (tertiary alicyclic amines) is 1. The minimum Gasteiger partial charge on any atom is -0.381 e. The summed E-state index contributed by atoms with van der Waals surface area (Å²) >= 11 is 0. The fourth-order valence-electron chi connectivity index (χ4n) is 3.93. The van der Waals surface area contributed by atoms with Crippen molar-refractivity contribution in [2.75, 3.05) is 6.54 Å². The maximum absolute atomic E-state index is 8.54. The van der Waals surface area contributed by atoms with Crippen molar-refractivity contribution < 1.29 is 0 Å². The molecular weight excluding hydrogens is 282 g/mol. The lowest BCUT2D eigenvalue weighted by Crippen LogP contribution is -2.42. The Morgan fingerprint density at radius 2 is 2.00 bits per heavy atom. The predicted molar refractivity (Wildman–Crippen MR) is 97.6 cm³/mol. The van der Waals surface area contributed by atoms with Crippen molar-refractivity contribution >= 4 is 5.84 Å². The summed E-state index contributed by atoms with van der Waals surface area (Å²) in [6.07, 6.45) is 11.1. The van der Waals surface area contributed by atoms with E-state index in [0.29, 0.717) is 23.3 Å². The van der Waals surface area contributed by atoms with Crippen LogP contribution < -0.4 is 5.32 Å². The Morgan fingerprint density at radius 1 is 1.30 bits per heavy atom. The molecule has 1 saturated heterocycles. The normalized spacial score (nSPS) is 28.2. The average molecular weight is 316 g/mol. The number of nitrogens with one attached hydrogen (secondary N) is 2. The van der Waals surface area contributed by atoms with Crippen LogP contribution in [0.25, 0.3) is 0 Å². The third-order valence-corrected chi connectivity index (χ3v) is 6.05. The van der Waals surface area contributed by atoms with Gasteiger partial charge in [0.2, 0.25) is 0 Å². The molecule has 0 aromatic carbocycles. The second-order valence-electron chi connectivity index (χ2n) is 8.38. The molecule has 3 heteroatoms. The molecule has 128 valence electrons. The van der Waals surface area contributed by atoms with Gasteiger partial charge in [0.1, 0.15) is 5.84 Å². The van der Waals surface area contributed by atoms with Crippen LogP contribution in [-0.2, 0) is 0 Å². The smallest absolute Gasteiger partial charge is 0.122 e. The predicted octanol–water partition coefficient (Wildman–Crippen LogP) is 4.47. The van der Waals surface area contributed by atoms with E-state index in [9.17, 15) is 0 Å². The molecule has 0 amide bonds. The highest BCUT2D eigenvalue weighted by atomic mass is 15.2. The van der Waals surface area contributed by atoms with Crippen LogP contribution in [0.4, 0.5) is 0 Å². The Hall–Kier alpha value is -1.25. The van der Waals surface area contributed by atoms with Gasteiger partial charge in [0.05, 0.1) is 0 Å². The fraction of sp³-hybridized carbons (Fsp3) is 0.750. The number of hydrogen-bond donors (Lipinski definition) is 2. The molecule has 0 bridgehead atoms. The van der Waals surface area contributed by atoms with Crippen molar-refractivity contribution in [3.8, 4) is 0 Å². The van der Waals surface area contributed by atoms with Crippen LogP contribution in [0.15, 0.2) is 23.9 Å². The minimum atomic E-state index is 0.469. The molecule has 3 aliphatic rings. The standard InChI is InChI=1S/C20H33N3/c1-14(2)17(13-18(21)23-12-6-5-7-15(23)3)22-19(16-8-9-16)20(4)10-11-20/h13,15-16,19,21-22H,1,5-12H2,2-4H3/b17-13-,21-18?. The zero-order chi connectivity index (χ0) is 16.6. The van der Waals surface area contributed by atoms with Gasteiger partial charge >= 0.3 is 0 Å². The van der Waals surface area contributed by atoms with Gasteiger partial charge in [0.25, 0.3) is 0 Å². The number of amidine groups is 1. The van der Waals surface area contributed by atoms with E-state index in [1.807, 2.05) is 6.08 Å². The molecule has 2 atom stereocenters. The maximum atomic E-state index is 8.54. The summed E-state index contributed by atoms with van der Waals surface area (Å²) in [6.45, 7) is 11.9. The lowest BCUT2D eigenvalue weighted by atomic mass is 9.93. The molecule has 0 spiro atoms. The van der Waals surface area contributed by atoms with Gasteiger partial charge in [-0.25, -0.2) is 0 Å². The van der Waals surface area contributed by atoms with E-state index in [-0.39, 0.29) is 0 Å². The molecule has 1 heterocycles. The van der Waals surface area contributed by atoms with Crippen molar-refractivity contribution in [2.45, 2.75) is 77.8 Å². The van der Waals surface area contributed by atoms with Gasteiger partial charge in [0.15, 0.2) is 0 Å². The molecule has 2 saturated carbocycles. The summed E-state index contributed by atoms with van der Waals surface area (Å²) < 4.78 is 0. The van der Waals surface area contributed by atoms with Crippen molar-refractivity contribution in [3.05, 3.63) is 23.9 Å². The molecule has 2 aliphatic carbocycles. The summed E-state index contributed by atoms with van der Waals surface area (Å²) in [5, 5.41) is 12.3. The molecule has 2 unspecified atom stereocenters. The van der Waals surface area contributed by atoms with E-state index in [1.165, 1.54) is 44.9 Å². The third-order valence-electron chi connectivity index (χ3n) is 6.05. The molecule has 3 fully saturated rings. The lowest BCUT2D eigenvalue weighted by Gasteiger charge is -2.35. The van der Waals surface area contributed by atoms with Crippen molar-refractivity contribution in [1.29, 1.82) is 5.41 Å². The molecule has 23 heavy (non-hydrogen) atoms. The van der Waals surface area contributed by atoms with Gasteiger partial charge in [-0.05, 0) is 75.7 Å². The summed E-state index contributed by atoms with van der Waals surface area (Å²) in [4.78, 5) is 2.25. The lowest BCUT2D eigenvalue weighted by molar-refractivity contribution is 0.258. The molecule has 1 aliphatic heterocycles. The van der Waals surface area contributed by atoms with E-state index in [2.05, 4.69) is 37.6 Å². The van der Waals surface area contributed by atoms with Crippen LogP contribution in [0, 0.1) is 16.7 Å². The molecule has 0 aromatic rings. The largest absolute Gasteiger partial charge is 0.381 e. The Balaban J connectivity index is 1.72. The van der Waals surface area contributed by atoms with Gasteiger partial charge in [0, 0.05) is 30.4 Å². The highest BCUT2D eigenvalue weighted by molar-refractivity contribution is 5.91. The second-order valence-corrected chi connectivity index (χ2v) is 8.38. The number of nitrogens with zero attached hydrogens (tertiary/aromatic N) is 1.